The summed E-state index contributed by atoms with van der Waals surface area (Å²) in [6, 6.07) is 7.83. The second-order valence-electron chi connectivity index (χ2n) is 4.97. The molecule has 2 rings (SSSR count). The Balaban J connectivity index is 1.97. The summed E-state index contributed by atoms with van der Waals surface area (Å²) >= 11 is 0. The van der Waals surface area contributed by atoms with E-state index in [1.165, 1.54) is 5.56 Å². The third-order valence-electron chi connectivity index (χ3n) is 3.45. The van der Waals surface area contributed by atoms with Gasteiger partial charge in [-0.05, 0) is 37.3 Å². The first kappa shape index (κ1) is 14.4. The molecule has 2 N–H and O–H groups in total. The Kier molecular flexibility index (Phi) is 4.98. The Hall–Kier alpha value is -2.04. The standard InChI is InChI=1S/C15H20N2O3/c18-14(19)9-5-10-16-15(20)17-11-4-3-7-12-6-1-2-8-13(12)17/h1-2,6,8H,3-5,7,9-11H2,(H,16,20)(H,18,19). The fraction of sp³-hybridized carbons (Fsp3) is 0.467. The summed E-state index contributed by atoms with van der Waals surface area (Å²) < 4.78 is 0. The molecular weight excluding hydrogens is 256 g/mol. The van der Waals surface area contributed by atoms with Gasteiger partial charge in [-0.3, -0.25) is 9.69 Å². The van der Waals surface area contributed by atoms with Gasteiger partial charge in [-0.25, -0.2) is 4.79 Å². The summed E-state index contributed by atoms with van der Waals surface area (Å²) in [5.74, 6) is -0.834. The topological polar surface area (TPSA) is 69.6 Å². The van der Waals surface area contributed by atoms with Crippen LogP contribution < -0.4 is 10.2 Å². The van der Waals surface area contributed by atoms with Gasteiger partial charge in [0.05, 0.1) is 0 Å². The molecule has 0 saturated heterocycles. The number of carbonyl (C=O) groups is 2. The number of amides is 2. The van der Waals surface area contributed by atoms with E-state index in [4.69, 9.17) is 5.11 Å². The van der Waals surface area contributed by atoms with Gasteiger partial charge in [0.2, 0.25) is 0 Å². The van der Waals surface area contributed by atoms with Crippen molar-refractivity contribution in [1.82, 2.24) is 5.32 Å². The van der Waals surface area contributed by atoms with Crippen molar-refractivity contribution < 1.29 is 14.7 Å². The molecule has 5 heteroatoms. The minimum atomic E-state index is -0.834. The lowest BCUT2D eigenvalue weighted by Crippen LogP contribution is -2.41. The van der Waals surface area contributed by atoms with Crippen LogP contribution in [-0.2, 0) is 11.2 Å². The summed E-state index contributed by atoms with van der Waals surface area (Å²) in [6.45, 7) is 1.10. The number of urea groups is 1. The molecule has 20 heavy (non-hydrogen) atoms. The lowest BCUT2D eigenvalue weighted by Gasteiger charge is -2.23. The van der Waals surface area contributed by atoms with Crippen LogP contribution in [0.25, 0.3) is 0 Å². The largest absolute Gasteiger partial charge is 0.481 e. The van der Waals surface area contributed by atoms with E-state index in [9.17, 15) is 9.59 Å². The van der Waals surface area contributed by atoms with E-state index in [0.29, 0.717) is 19.5 Å². The third-order valence-corrected chi connectivity index (χ3v) is 3.45. The molecule has 0 radical (unpaired) electrons. The fourth-order valence-corrected chi connectivity index (χ4v) is 2.43. The molecule has 0 aliphatic carbocycles. The van der Waals surface area contributed by atoms with Crippen molar-refractivity contribution in [3.63, 3.8) is 0 Å². The monoisotopic (exact) mass is 276 g/mol. The van der Waals surface area contributed by atoms with Crippen LogP contribution in [0, 0.1) is 0 Å². The van der Waals surface area contributed by atoms with Crippen LogP contribution in [0.3, 0.4) is 0 Å². The summed E-state index contributed by atoms with van der Waals surface area (Å²) in [4.78, 5) is 24.4. The van der Waals surface area contributed by atoms with Crippen LogP contribution in [0.15, 0.2) is 24.3 Å². The van der Waals surface area contributed by atoms with Gasteiger partial charge in [0.25, 0.3) is 0 Å². The molecule has 1 aromatic rings. The normalized spacial score (nSPS) is 14.3. The van der Waals surface area contributed by atoms with Crippen LogP contribution in [-0.4, -0.2) is 30.2 Å². The minimum Gasteiger partial charge on any atom is -0.481 e. The number of hydrogen-bond donors (Lipinski definition) is 2. The fourth-order valence-electron chi connectivity index (χ4n) is 2.43. The lowest BCUT2D eigenvalue weighted by molar-refractivity contribution is -0.137. The second kappa shape index (κ2) is 6.93. The molecule has 108 valence electrons. The van der Waals surface area contributed by atoms with Crippen molar-refractivity contribution in [2.24, 2.45) is 0 Å². The molecule has 1 heterocycles. The van der Waals surface area contributed by atoms with Gasteiger partial charge < -0.3 is 10.4 Å². The zero-order chi connectivity index (χ0) is 14.4. The average Bonchev–Trinajstić information content (AvgIpc) is 2.65. The van der Waals surface area contributed by atoms with E-state index in [2.05, 4.69) is 11.4 Å². The number of carboxylic acids is 1. The number of hydrogen-bond acceptors (Lipinski definition) is 2. The van der Waals surface area contributed by atoms with E-state index in [0.717, 1.165) is 24.9 Å². The number of fused-ring (bicyclic) bond motifs is 1. The molecule has 0 spiro atoms. The number of benzene rings is 1. The number of aliphatic carboxylic acids is 1. The molecule has 0 bridgehead atoms. The third kappa shape index (κ3) is 3.73. The highest BCUT2D eigenvalue weighted by molar-refractivity contribution is 5.92. The molecule has 0 aromatic heterocycles. The number of rotatable bonds is 4. The zero-order valence-electron chi connectivity index (χ0n) is 11.5. The molecule has 2 amide bonds. The molecule has 0 atom stereocenters. The van der Waals surface area contributed by atoms with Crippen molar-refractivity contribution in [2.75, 3.05) is 18.0 Å². The number of nitrogens with one attached hydrogen (secondary N) is 1. The summed E-state index contributed by atoms with van der Waals surface area (Å²) in [5.41, 5.74) is 2.17. The number of anilines is 1. The quantitative estimate of drug-likeness (QED) is 0.830. The van der Waals surface area contributed by atoms with Crippen LogP contribution in [0.4, 0.5) is 10.5 Å². The summed E-state index contributed by atoms with van der Waals surface area (Å²) in [7, 11) is 0. The van der Waals surface area contributed by atoms with Gasteiger partial charge in [0, 0.05) is 25.2 Å². The molecule has 0 fully saturated rings. The number of para-hydroxylation sites is 1. The van der Waals surface area contributed by atoms with Crippen molar-refractivity contribution >= 4 is 17.7 Å². The van der Waals surface area contributed by atoms with Crippen LogP contribution in [0.1, 0.15) is 31.2 Å². The van der Waals surface area contributed by atoms with E-state index in [1.807, 2.05) is 18.2 Å². The highest BCUT2D eigenvalue weighted by Gasteiger charge is 2.20. The maximum atomic E-state index is 12.2. The summed E-state index contributed by atoms with van der Waals surface area (Å²) in [6.07, 6.45) is 3.60. The van der Waals surface area contributed by atoms with Gasteiger partial charge in [0.1, 0.15) is 0 Å². The first-order valence-corrected chi connectivity index (χ1v) is 7.03. The molecule has 1 aliphatic rings. The molecule has 0 saturated carbocycles. The molecule has 5 nitrogen and oxygen atoms in total. The van der Waals surface area contributed by atoms with E-state index in [1.54, 1.807) is 4.90 Å². The molecular formula is C15H20N2O3. The first-order chi connectivity index (χ1) is 9.68. The Morgan fingerprint density at radius 1 is 1.25 bits per heavy atom. The Morgan fingerprint density at radius 3 is 2.85 bits per heavy atom. The number of nitrogens with zero attached hydrogens (tertiary/aromatic N) is 1. The van der Waals surface area contributed by atoms with Crippen LogP contribution in [0.5, 0.6) is 0 Å². The highest BCUT2D eigenvalue weighted by Crippen LogP contribution is 2.25. The van der Waals surface area contributed by atoms with Gasteiger partial charge in [-0.15, -0.1) is 0 Å². The van der Waals surface area contributed by atoms with Crippen molar-refractivity contribution in [1.29, 1.82) is 0 Å². The maximum Gasteiger partial charge on any atom is 0.321 e. The SMILES string of the molecule is O=C(O)CCCNC(=O)N1CCCCc2ccccc21. The highest BCUT2D eigenvalue weighted by atomic mass is 16.4. The Labute approximate surface area is 118 Å². The van der Waals surface area contributed by atoms with E-state index >= 15 is 0 Å². The number of carboxylic acid groups (broad SMARTS) is 1. The Bertz CT molecular complexity index is 488. The maximum absolute atomic E-state index is 12.2. The van der Waals surface area contributed by atoms with Crippen LogP contribution in [0.2, 0.25) is 0 Å². The molecule has 0 unspecified atom stereocenters. The summed E-state index contributed by atoms with van der Waals surface area (Å²) in [5, 5.41) is 11.4. The van der Waals surface area contributed by atoms with Gasteiger partial charge in [0.15, 0.2) is 0 Å². The lowest BCUT2D eigenvalue weighted by atomic mass is 10.1. The molecule has 1 aromatic carbocycles. The number of carbonyl (C=O) groups excluding carboxylic acids is 1. The Morgan fingerprint density at radius 2 is 2.05 bits per heavy atom. The smallest absolute Gasteiger partial charge is 0.321 e. The zero-order valence-corrected chi connectivity index (χ0v) is 11.5. The van der Waals surface area contributed by atoms with Gasteiger partial charge >= 0.3 is 12.0 Å². The average molecular weight is 276 g/mol. The first-order valence-electron chi connectivity index (χ1n) is 7.03. The van der Waals surface area contributed by atoms with Crippen molar-refractivity contribution in [2.45, 2.75) is 32.1 Å². The second-order valence-corrected chi connectivity index (χ2v) is 4.97. The van der Waals surface area contributed by atoms with E-state index < -0.39 is 5.97 Å². The van der Waals surface area contributed by atoms with Gasteiger partial charge in [-0.2, -0.15) is 0 Å². The predicted octanol–water partition coefficient (Wildman–Crippen LogP) is 2.40. The van der Waals surface area contributed by atoms with E-state index in [-0.39, 0.29) is 12.5 Å². The number of aryl methyl sites for hydroxylation is 1. The predicted molar refractivity (Wildman–Crippen MR) is 77.0 cm³/mol. The van der Waals surface area contributed by atoms with Gasteiger partial charge in [-0.1, -0.05) is 18.2 Å². The van der Waals surface area contributed by atoms with Crippen LogP contribution >= 0.6 is 0 Å². The molecule has 1 aliphatic heterocycles. The van der Waals surface area contributed by atoms with Crippen molar-refractivity contribution in [3.8, 4) is 0 Å². The minimum absolute atomic E-state index is 0.0802. The van der Waals surface area contributed by atoms with Crippen molar-refractivity contribution in [3.05, 3.63) is 29.8 Å².